The fourth-order valence-electron chi connectivity index (χ4n) is 4.20. The molecule has 0 aliphatic rings. The Bertz CT molecular complexity index is 1640. The first-order valence-electron chi connectivity index (χ1n) is 12.9. The number of carbonyl (C=O) groups is 4. The molecule has 0 saturated heterocycles. The molecule has 1 aromatic heterocycles. The Morgan fingerprint density at radius 1 is 0.791 bits per heavy atom. The van der Waals surface area contributed by atoms with E-state index >= 15 is 0 Å². The van der Waals surface area contributed by atoms with Crippen LogP contribution in [-0.2, 0) is 31.8 Å². The first-order chi connectivity index (χ1) is 20.5. The van der Waals surface area contributed by atoms with Gasteiger partial charge in [-0.05, 0) is 66.7 Å². The van der Waals surface area contributed by atoms with Crippen LogP contribution in [0.2, 0.25) is 0 Å². The van der Waals surface area contributed by atoms with Gasteiger partial charge in [0.1, 0.15) is 23.9 Å². The van der Waals surface area contributed by atoms with E-state index in [9.17, 15) is 32.3 Å². The number of Topliss-reactive ketones (excluding diaryl/α,β-unsaturated/α-hetero) is 2. The molecule has 0 fully saturated rings. The summed E-state index contributed by atoms with van der Waals surface area (Å²) >= 11 is 0. The van der Waals surface area contributed by atoms with E-state index in [1.165, 1.54) is 44.7 Å². The largest absolute Gasteiger partial charge is 0.486 e. The summed E-state index contributed by atoms with van der Waals surface area (Å²) in [6, 6.07) is 15.1. The predicted octanol–water partition coefficient (Wildman–Crippen LogP) is 6.02. The van der Waals surface area contributed by atoms with Crippen molar-refractivity contribution in [3.05, 3.63) is 89.6 Å². The van der Waals surface area contributed by atoms with Crippen molar-refractivity contribution in [3.63, 3.8) is 0 Å². The molecule has 0 saturated carbocycles. The molecule has 0 atom stereocenters. The second kappa shape index (κ2) is 13.2. The maximum atomic E-state index is 12.9. The number of methoxy groups -OCH3 is 2. The molecule has 0 radical (unpaired) electrons. The van der Waals surface area contributed by atoms with E-state index in [2.05, 4.69) is 4.74 Å². The lowest BCUT2D eigenvalue weighted by atomic mass is 10.0. The Balaban J connectivity index is 1.42. The molecule has 0 aliphatic carbocycles. The van der Waals surface area contributed by atoms with Gasteiger partial charge < -0.3 is 23.5 Å². The molecule has 4 rings (SSSR count). The third kappa shape index (κ3) is 7.79. The van der Waals surface area contributed by atoms with Crippen molar-refractivity contribution in [3.8, 4) is 17.2 Å². The number of halogens is 3. The molecule has 0 spiro atoms. The van der Waals surface area contributed by atoms with Crippen molar-refractivity contribution < 1.29 is 51.3 Å². The van der Waals surface area contributed by atoms with Crippen LogP contribution in [0.5, 0.6) is 17.2 Å². The van der Waals surface area contributed by atoms with Crippen molar-refractivity contribution in [2.75, 3.05) is 20.8 Å². The molecule has 0 amide bonds. The highest BCUT2D eigenvalue weighted by Gasteiger charge is 2.30. The van der Waals surface area contributed by atoms with Crippen LogP contribution in [0.3, 0.4) is 0 Å². The third-order valence-electron chi connectivity index (χ3n) is 6.37. The van der Waals surface area contributed by atoms with Gasteiger partial charge in [0.2, 0.25) is 0 Å². The van der Waals surface area contributed by atoms with E-state index in [4.69, 9.17) is 14.2 Å². The number of carbonyl (C=O) groups excluding carboxylic acids is 4. The van der Waals surface area contributed by atoms with Crippen molar-refractivity contribution in [2.45, 2.75) is 25.6 Å². The standard InChI is InChI=1S/C31H26F3NO8/c1-40-29(38)14-13-28(37)26-17-35(27-12-3-19(15-25(26)27)30(39)41-2)16-21(36)18-42-22-8-10-24(11-9-22)43-23-6-4-20(5-7-23)31(32,33)34/h3-12,15,17H,13-14,16,18H2,1-2H3. The van der Waals surface area contributed by atoms with Gasteiger partial charge in [0.25, 0.3) is 0 Å². The summed E-state index contributed by atoms with van der Waals surface area (Å²) in [5, 5.41) is 0.426. The minimum absolute atomic E-state index is 0.121. The minimum atomic E-state index is -4.44. The average molecular weight is 598 g/mol. The molecule has 3 aromatic carbocycles. The molecule has 1 heterocycles. The van der Waals surface area contributed by atoms with Crippen LogP contribution in [0.1, 0.15) is 39.1 Å². The second-order valence-electron chi connectivity index (χ2n) is 9.32. The number of nitrogens with zero attached hydrogens (tertiary/aromatic N) is 1. The Morgan fingerprint density at radius 2 is 1.42 bits per heavy atom. The lowest BCUT2D eigenvalue weighted by molar-refractivity contribution is -0.140. The van der Waals surface area contributed by atoms with Crippen LogP contribution < -0.4 is 9.47 Å². The molecule has 12 heteroatoms. The fourth-order valence-corrected chi connectivity index (χ4v) is 4.20. The van der Waals surface area contributed by atoms with E-state index in [1.807, 2.05) is 0 Å². The van der Waals surface area contributed by atoms with Crippen LogP contribution in [0, 0.1) is 0 Å². The van der Waals surface area contributed by atoms with Gasteiger partial charge in [-0.25, -0.2) is 4.79 Å². The smallest absolute Gasteiger partial charge is 0.416 e. The summed E-state index contributed by atoms with van der Waals surface area (Å²) in [5.41, 5.74) is 0.192. The van der Waals surface area contributed by atoms with Crippen molar-refractivity contribution in [2.24, 2.45) is 0 Å². The topological polar surface area (TPSA) is 110 Å². The monoisotopic (exact) mass is 597 g/mol. The highest BCUT2D eigenvalue weighted by atomic mass is 19.4. The maximum Gasteiger partial charge on any atom is 0.416 e. The van der Waals surface area contributed by atoms with Crippen molar-refractivity contribution >= 4 is 34.4 Å². The second-order valence-corrected chi connectivity index (χ2v) is 9.32. The van der Waals surface area contributed by atoms with Gasteiger partial charge in [-0.3, -0.25) is 14.4 Å². The van der Waals surface area contributed by atoms with E-state index in [1.54, 1.807) is 34.9 Å². The predicted molar refractivity (Wildman–Crippen MR) is 147 cm³/mol. The number of alkyl halides is 3. The molecule has 0 unspecified atom stereocenters. The quantitative estimate of drug-likeness (QED) is 0.144. The van der Waals surface area contributed by atoms with E-state index in [0.717, 1.165) is 12.1 Å². The third-order valence-corrected chi connectivity index (χ3v) is 6.37. The maximum absolute atomic E-state index is 12.9. The number of ketones is 2. The summed E-state index contributed by atoms with van der Waals surface area (Å²) in [6.45, 7) is -0.446. The summed E-state index contributed by atoms with van der Waals surface area (Å²) in [5.74, 6) is -0.898. The number of hydrogen-bond donors (Lipinski definition) is 0. The zero-order chi connectivity index (χ0) is 31.1. The number of benzene rings is 3. The highest BCUT2D eigenvalue weighted by Crippen LogP contribution is 2.32. The van der Waals surface area contributed by atoms with Crippen LogP contribution in [0.4, 0.5) is 13.2 Å². The fraction of sp³-hybridized carbons (Fsp3) is 0.226. The first-order valence-corrected chi connectivity index (χ1v) is 12.9. The average Bonchev–Trinajstić information content (AvgIpc) is 3.36. The lowest BCUT2D eigenvalue weighted by Crippen LogP contribution is -2.17. The highest BCUT2D eigenvalue weighted by molar-refractivity contribution is 6.10. The molecule has 0 N–H and O–H groups in total. The number of ether oxygens (including phenoxy) is 4. The summed E-state index contributed by atoms with van der Waals surface area (Å²) in [6.07, 6.45) is -3.19. The van der Waals surface area contributed by atoms with Crippen molar-refractivity contribution in [1.82, 2.24) is 4.57 Å². The van der Waals surface area contributed by atoms with Gasteiger partial charge in [0, 0.05) is 29.1 Å². The molecule has 9 nitrogen and oxygen atoms in total. The molecule has 43 heavy (non-hydrogen) atoms. The number of aromatic nitrogens is 1. The van der Waals surface area contributed by atoms with Crippen LogP contribution >= 0.6 is 0 Å². The molecule has 0 aliphatic heterocycles. The van der Waals surface area contributed by atoms with Gasteiger partial charge >= 0.3 is 18.1 Å². The van der Waals surface area contributed by atoms with Gasteiger partial charge in [0.05, 0.1) is 38.3 Å². The Hall–Kier alpha value is -5.13. The van der Waals surface area contributed by atoms with E-state index in [-0.39, 0.29) is 54.4 Å². The summed E-state index contributed by atoms with van der Waals surface area (Å²) < 4.78 is 60.3. The van der Waals surface area contributed by atoms with Gasteiger partial charge in [-0.2, -0.15) is 13.2 Å². The number of rotatable bonds is 12. The SMILES string of the molecule is COC(=O)CCC(=O)c1cn(CC(=O)COc2ccc(Oc3ccc(C(F)(F)F)cc3)cc2)c2ccc(C(=O)OC)cc12. The Kier molecular flexibility index (Phi) is 9.49. The summed E-state index contributed by atoms with van der Waals surface area (Å²) in [7, 11) is 2.46. The number of esters is 2. The zero-order valence-electron chi connectivity index (χ0n) is 23.1. The first kappa shape index (κ1) is 30.8. The number of hydrogen-bond acceptors (Lipinski definition) is 8. The van der Waals surface area contributed by atoms with Crippen molar-refractivity contribution in [1.29, 1.82) is 0 Å². The van der Waals surface area contributed by atoms with Gasteiger partial charge in [0.15, 0.2) is 11.6 Å². The minimum Gasteiger partial charge on any atom is -0.486 e. The van der Waals surface area contributed by atoms with Crippen LogP contribution in [0.15, 0.2) is 72.9 Å². The zero-order valence-corrected chi connectivity index (χ0v) is 23.1. The normalized spacial score (nSPS) is 11.2. The molecule has 224 valence electrons. The van der Waals surface area contributed by atoms with E-state index < -0.39 is 23.7 Å². The lowest BCUT2D eigenvalue weighted by Gasteiger charge is -2.10. The Morgan fingerprint density at radius 3 is 2.02 bits per heavy atom. The van der Waals surface area contributed by atoms with Crippen LogP contribution in [0.25, 0.3) is 10.9 Å². The molecule has 4 aromatic rings. The van der Waals surface area contributed by atoms with Gasteiger partial charge in [-0.1, -0.05) is 0 Å². The van der Waals surface area contributed by atoms with Crippen LogP contribution in [-0.4, -0.2) is 48.9 Å². The van der Waals surface area contributed by atoms with E-state index in [0.29, 0.717) is 22.4 Å². The molecular formula is C31H26F3NO8. The summed E-state index contributed by atoms with van der Waals surface area (Å²) in [4.78, 5) is 49.4. The number of fused-ring (bicyclic) bond motifs is 1. The molecule has 0 bridgehead atoms. The van der Waals surface area contributed by atoms with Gasteiger partial charge in [-0.15, -0.1) is 0 Å². The Labute approximate surface area is 243 Å². The molecular weight excluding hydrogens is 571 g/mol.